The van der Waals surface area contributed by atoms with E-state index >= 15 is 0 Å². The summed E-state index contributed by atoms with van der Waals surface area (Å²) >= 11 is 0. The Balaban J connectivity index is 2.48. The summed E-state index contributed by atoms with van der Waals surface area (Å²) in [7, 11) is 4.12. The summed E-state index contributed by atoms with van der Waals surface area (Å²) in [6, 6.07) is 17.4. The Hall–Kier alpha value is -2.11. The summed E-state index contributed by atoms with van der Waals surface area (Å²) in [5.74, 6) is 0. The van der Waals surface area contributed by atoms with Gasteiger partial charge in [0.05, 0.1) is 11.5 Å². The lowest BCUT2D eigenvalue weighted by atomic mass is 9.75. The van der Waals surface area contributed by atoms with Gasteiger partial charge in [-0.3, -0.25) is 0 Å². The molecule has 1 atom stereocenters. The van der Waals surface area contributed by atoms with Crippen LogP contribution >= 0.6 is 0 Å². The lowest BCUT2D eigenvalue weighted by Crippen LogP contribution is -2.29. The zero-order chi connectivity index (χ0) is 16.9. The first-order chi connectivity index (χ1) is 11.0. The van der Waals surface area contributed by atoms with Crippen LogP contribution in [0.3, 0.4) is 0 Å². The molecule has 2 rings (SSSR count). The van der Waals surface area contributed by atoms with E-state index in [0.717, 1.165) is 24.9 Å². The molecule has 23 heavy (non-hydrogen) atoms. The Morgan fingerprint density at radius 2 is 1.83 bits per heavy atom. The van der Waals surface area contributed by atoms with Crippen LogP contribution in [0.5, 0.6) is 0 Å². The van der Waals surface area contributed by atoms with Crippen LogP contribution in [0.15, 0.2) is 54.1 Å². The number of fused-ring (bicyclic) bond motifs is 1. The van der Waals surface area contributed by atoms with Crippen LogP contribution in [0, 0.1) is 11.3 Å². The molecule has 2 heteroatoms. The summed E-state index contributed by atoms with van der Waals surface area (Å²) in [4.78, 5) is 2.15. The highest BCUT2D eigenvalue weighted by Crippen LogP contribution is 2.34. The molecule has 2 aromatic carbocycles. The summed E-state index contributed by atoms with van der Waals surface area (Å²) in [6.45, 7) is 5.08. The normalized spacial score (nSPS) is 13.6. The molecule has 0 fully saturated rings. The number of nitriles is 1. The van der Waals surface area contributed by atoms with E-state index in [1.165, 1.54) is 16.3 Å². The standard InChI is InChI=1S/C21H26N2/c1-17(2)11-12-21(16-22,13-14-23(3)4)20-10-9-18-7-5-6-8-19(18)15-20/h5-11,15H,12-14H2,1-4H3. The molecule has 120 valence electrons. The Labute approximate surface area is 140 Å². The molecule has 0 N–H and O–H groups in total. The second kappa shape index (κ2) is 7.44. The SMILES string of the molecule is CC(C)=CCC(C#N)(CCN(C)C)c1ccc2ccccc2c1. The smallest absolute Gasteiger partial charge is 0.0869 e. The molecular weight excluding hydrogens is 280 g/mol. The summed E-state index contributed by atoms with van der Waals surface area (Å²) in [6.07, 6.45) is 3.78. The molecule has 0 bridgehead atoms. The maximum atomic E-state index is 10.0. The quantitative estimate of drug-likeness (QED) is 0.709. The minimum atomic E-state index is -0.467. The van der Waals surface area contributed by atoms with Crippen LogP contribution < -0.4 is 0 Å². The van der Waals surface area contributed by atoms with Crippen molar-refractivity contribution in [1.29, 1.82) is 5.26 Å². The Kier molecular flexibility index (Phi) is 5.58. The van der Waals surface area contributed by atoms with Gasteiger partial charge < -0.3 is 4.90 Å². The van der Waals surface area contributed by atoms with Crippen molar-refractivity contribution < 1.29 is 0 Å². The van der Waals surface area contributed by atoms with Gasteiger partial charge in [0.1, 0.15) is 0 Å². The molecule has 0 spiro atoms. The lowest BCUT2D eigenvalue weighted by molar-refractivity contribution is 0.353. The van der Waals surface area contributed by atoms with E-state index in [2.05, 4.69) is 87.5 Å². The molecule has 0 amide bonds. The molecule has 1 unspecified atom stereocenters. The molecule has 2 nitrogen and oxygen atoms in total. The summed E-state index contributed by atoms with van der Waals surface area (Å²) in [5.41, 5.74) is 1.92. The second-order valence-electron chi connectivity index (χ2n) is 6.79. The van der Waals surface area contributed by atoms with Gasteiger partial charge in [0.15, 0.2) is 0 Å². The van der Waals surface area contributed by atoms with E-state index in [1.54, 1.807) is 0 Å². The minimum Gasteiger partial charge on any atom is -0.309 e. The first-order valence-electron chi connectivity index (χ1n) is 8.15. The van der Waals surface area contributed by atoms with E-state index in [4.69, 9.17) is 0 Å². The predicted molar refractivity (Wildman–Crippen MR) is 98.5 cm³/mol. The second-order valence-corrected chi connectivity index (χ2v) is 6.79. The van der Waals surface area contributed by atoms with Gasteiger partial charge in [-0.05, 0) is 69.7 Å². The Morgan fingerprint density at radius 1 is 1.13 bits per heavy atom. The van der Waals surface area contributed by atoms with Gasteiger partial charge in [-0.1, -0.05) is 48.0 Å². The van der Waals surface area contributed by atoms with Crippen molar-refractivity contribution in [1.82, 2.24) is 4.90 Å². The van der Waals surface area contributed by atoms with Gasteiger partial charge in [-0.2, -0.15) is 5.26 Å². The summed E-state index contributed by atoms with van der Waals surface area (Å²) < 4.78 is 0. The van der Waals surface area contributed by atoms with E-state index in [-0.39, 0.29) is 0 Å². The fourth-order valence-corrected chi connectivity index (χ4v) is 2.81. The number of rotatable bonds is 6. The third-order valence-electron chi connectivity index (χ3n) is 4.36. The molecule has 0 aliphatic carbocycles. The van der Waals surface area contributed by atoms with Crippen molar-refractivity contribution in [3.8, 4) is 6.07 Å². The zero-order valence-electron chi connectivity index (χ0n) is 14.6. The average Bonchev–Trinajstić information content (AvgIpc) is 2.55. The molecule has 0 heterocycles. The topological polar surface area (TPSA) is 27.0 Å². The van der Waals surface area contributed by atoms with Gasteiger partial charge in [-0.25, -0.2) is 0 Å². The van der Waals surface area contributed by atoms with Crippen molar-refractivity contribution in [3.05, 3.63) is 59.7 Å². The van der Waals surface area contributed by atoms with Crippen molar-refractivity contribution in [2.45, 2.75) is 32.1 Å². The first-order valence-corrected chi connectivity index (χ1v) is 8.15. The average molecular weight is 306 g/mol. The van der Waals surface area contributed by atoms with Crippen LogP contribution in [0.4, 0.5) is 0 Å². The van der Waals surface area contributed by atoms with Crippen LogP contribution in [0.2, 0.25) is 0 Å². The van der Waals surface area contributed by atoms with E-state index in [1.807, 2.05) is 0 Å². The number of hydrogen-bond acceptors (Lipinski definition) is 2. The fourth-order valence-electron chi connectivity index (χ4n) is 2.81. The predicted octanol–water partition coefficient (Wildman–Crippen LogP) is 4.91. The van der Waals surface area contributed by atoms with E-state index in [0.29, 0.717) is 0 Å². The van der Waals surface area contributed by atoms with E-state index < -0.39 is 5.41 Å². The molecular formula is C21H26N2. The van der Waals surface area contributed by atoms with Crippen molar-refractivity contribution in [2.24, 2.45) is 0 Å². The van der Waals surface area contributed by atoms with Crippen molar-refractivity contribution >= 4 is 10.8 Å². The number of hydrogen-bond donors (Lipinski definition) is 0. The molecule has 0 aromatic heterocycles. The third kappa shape index (κ3) is 4.21. The van der Waals surface area contributed by atoms with Crippen LogP contribution in [-0.2, 0) is 5.41 Å². The lowest BCUT2D eigenvalue weighted by Gasteiger charge is -2.28. The molecule has 0 saturated carbocycles. The number of benzene rings is 2. The maximum absolute atomic E-state index is 10.0. The number of allylic oxidation sites excluding steroid dienone is 2. The highest BCUT2D eigenvalue weighted by Gasteiger charge is 2.31. The van der Waals surface area contributed by atoms with Crippen molar-refractivity contribution in [3.63, 3.8) is 0 Å². The highest BCUT2D eigenvalue weighted by atomic mass is 15.0. The van der Waals surface area contributed by atoms with Gasteiger partial charge in [0, 0.05) is 0 Å². The number of nitrogens with zero attached hydrogens (tertiary/aromatic N) is 2. The van der Waals surface area contributed by atoms with E-state index in [9.17, 15) is 5.26 Å². The molecule has 0 radical (unpaired) electrons. The van der Waals surface area contributed by atoms with Gasteiger partial charge >= 0.3 is 0 Å². The van der Waals surface area contributed by atoms with Gasteiger partial charge in [-0.15, -0.1) is 0 Å². The fraction of sp³-hybridized carbons (Fsp3) is 0.381. The monoisotopic (exact) mass is 306 g/mol. The Morgan fingerprint density at radius 3 is 2.43 bits per heavy atom. The molecule has 0 aliphatic heterocycles. The molecule has 0 saturated heterocycles. The van der Waals surface area contributed by atoms with Crippen LogP contribution in [0.25, 0.3) is 10.8 Å². The summed E-state index contributed by atoms with van der Waals surface area (Å²) in [5, 5.41) is 12.5. The van der Waals surface area contributed by atoms with Crippen LogP contribution in [0.1, 0.15) is 32.3 Å². The van der Waals surface area contributed by atoms with Crippen molar-refractivity contribution in [2.75, 3.05) is 20.6 Å². The highest BCUT2D eigenvalue weighted by molar-refractivity contribution is 5.83. The molecule has 0 aliphatic rings. The molecule has 2 aromatic rings. The van der Waals surface area contributed by atoms with Crippen LogP contribution in [-0.4, -0.2) is 25.5 Å². The maximum Gasteiger partial charge on any atom is 0.0869 e. The van der Waals surface area contributed by atoms with Gasteiger partial charge in [0.25, 0.3) is 0 Å². The Bertz CT molecular complexity index is 733. The first kappa shape index (κ1) is 17.2. The largest absolute Gasteiger partial charge is 0.309 e. The zero-order valence-corrected chi connectivity index (χ0v) is 14.6. The third-order valence-corrected chi connectivity index (χ3v) is 4.36. The van der Waals surface area contributed by atoms with Gasteiger partial charge in [0.2, 0.25) is 0 Å². The minimum absolute atomic E-state index is 0.467.